The number of nitrogens with one attached hydrogen (secondary N) is 3. The fourth-order valence-electron chi connectivity index (χ4n) is 3.77. The van der Waals surface area contributed by atoms with Gasteiger partial charge in [-0.05, 0) is 37.8 Å². The van der Waals surface area contributed by atoms with Gasteiger partial charge >= 0.3 is 0 Å². The second kappa shape index (κ2) is 8.96. The topological polar surface area (TPSA) is 99.2 Å². The molecule has 1 aromatic heterocycles. The van der Waals surface area contributed by atoms with Crippen LogP contribution in [0.5, 0.6) is 0 Å². The van der Waals surface area contributed by atoms with Gasteiger partial charge in [0.2, 0.25) is 16.0 Å². The monoisotopic (exact) mass is 416 g/mol. The van der Waals surface area contributed by atoms with Crippen molar-refractivity contribution in [1.82, 2.24) is 15.3 Å². The molecule has 29 heavy (non-hydrogen) atoms. The standard InChI is InChI=1S/C20H28N6O2S/c27-29(28,25-16-6-2-1-3-7-16)15-12-22-19-17-8-4-5-9-18(17)23-20(24-19)26-13-10-21-11-14-26/h1-3,6-7,21,25H,4-5,8-15H2,(H,22,23,24). The van der Waals surface area contributed by atoms with E-state index in [2.05, 4.69) is 20.3 Å². The van der Waals surface area contributed by atoms with Crippen molar-refractivity contribution in [3.05, 3.63) is 41.6 Å². The molecule has 3 N–H and O–H groups in total. The van der Waals surface area contributed by atoms with E-state index in [4.69, 9.17) is 9.97 Å². The van der Waals surface area contributed by atoms with Gasteiger partial charge in [0.25, 0.3) is 0 Å². The van der Waals surface area contributed by atoms with Crippen LogP contribution in [0.3, 0.4) is 0 Å². The van der Waals surface area contributed by atoms with Crippen molar-refractivity contribution >= 4 is 27.5 Å². The summed E-state index contributed by atoms with van der Waals surface area (Å²) < 4.78 is 27.4. The lowest BCUT2D eigenvalue weighted by Crippen LogP contribution is -2.44. The molecule has 0 radical (unpaired) electrons. The number of benzene rings is 1. The van der Waals surface area contributed by atoms with Gasteiger partial charge in [0, 0.05) is 44.0 Å². The summed E-state index contributed by atoms with van der Waals surface area (Å²) in [6.45, 7) is 3.91. The molecule has 0 atom stereocenters. The molecular formula is C20H28N6O2S. The molecule has 0 bridgehead atoms. The van der Waals surface area contributed by atoms with Crippen LogP contribution in [0, 0.1) is 0 Å². The molecule has 8 nitrogen and oxygen atoms in total. The lowest BCUT2D eigenvalue weighted by atomic mass is 9.96. The molecule has 0 spiro atoms. The molecule has 1 aliphatic carbocycles. The van der Waals surface area contributed by atoms with Gasteiger partial charge in [-0.1, -0.05) is 18.2 Å². The number of aryl methyl sites for hydroxylation is 1. The molecule has 2 aromatic rings. The molecule has 0 unspecified atom stereocenters. The normalized spacial score (nSPS) is 16.9. The Bertz CT molecular complexity index is 929. The van der Waals surface area contributed by atoms with Crippen molar-refractivity contribution in [3.63, 3.8) is 0 Å². The number of hydrogen-bond donors (Lipinski definition) is 3. The summed E-state index contributed by atoms with van der Waals surface area (Å²) in [5.74, 6) is 1.52. The van der Waals surface area contributed by atoms with Crippen LogP contribution in [0.4, 0.5) is 17.5 Å². The maximum absolute atomic E-state index is 12.4. The molecule has 1 aromatic carbocycles. The zero-order valence-corrected chi connectivity index (χ0v) is 17.3. The molecular weight excluding hydrogens is 388 g/mol. The van der Waals surface area contributed by atoms with E-state index in [1.165, 1.54) is 0 Å². The van der Waals surface area contributed by atoms with Crippen LogP contribution in [-0.4, -0.2) is 56.9 Å². The fraction of sp³-hybridized carbons (Fsp3) is 0.500. The maximum atomic E-state index is 12.4. The molecule has 1 aliphatic heterocycles. The number of anilines is 3. The summed E-state index contributed by atoms with van der Waals surface area (Å²) in [5.41, 5.74) is 2.82. The van der Waals surface area contributed by atoms with Gasteiger partial charge in [-0.15, -0.1) is 0 Å². The van der Waals surface area contributed by atoms with E-state index in [1.54, 1.807) is 24.3 Å². The van der Waals surface area contributed by atoms with Crippen molar-refractivity contribution < 1.29 is 8.42 Å². The third-order valence-corrected chi connectivity index (χ3v) is 6.57. The maximum Gasteiger partial charge on any atom is 0.234 e. The van der Waals surface area contributed by atoms with Crippen LogP contribution in [0.2, 0.25) is 0 Å². The number of piperazine rings is 1. The minimum absolute atomic E-state index is 0.0242. The number of rotatable bonds is 7. The van der Waals surface area contributed by atoms with Gasteiger partial charge < -0.3 is 15.5 Å². The van der Waals surface area contributed by atoms with Crippen molar-refractivity contribution in [1.29, 1.82) is 0 Å². The Labute approximate surface area is 172 Å². The highest BCUT2D eigenvalue weighted by Gasteiger charge is 2.21. The van der Waals surface area contributed by atoms with E-state index >= 15 is 0 Å². The number of para-hydroxylation sites is 1. The lowest BCUT2D eigenvalue weighted by molar-refractivity contribution is 0.575. The zero-order valence-electron chi connectivity index (χ0n) is 16.5. The molecule has 1 saturated heterocycles. The van der Waals surface area contributed by atoms with Gasteiger partial charge in [0.15, 0.2) is 0 Å². The predicted octanol–water partition coefficient (Wildman–Crippen LogP) is 1.62. The van der Waals surface area contributed by atoms with Gasteiger partial charge in [-0.2, -0.15) is 4.98 Å². The van der Waals surface area contributed by atoms with Crippen molar-refractivity contribution in [3.8, 4) is 0 Å². The van der Waals surface area contributed by atoms with Crippen LogP contribution in [0.1, 0.15) is 24.1 Å². The first-order chi connectivity index (χ1) is 14.1. The van der Waals surface area contributed by atoms with Crippen LogP contribution in [0.15, 0.2) is 30.3 Å². The minimum Gasteiger partial charge on any atom is -0.369 e. The SMILES string of the molecule is O=S(=O)(CCNc1nc(N2CCNCC2)nc2c1CCCC2)Nc1ccccc1. The average Bonchev–Trinajstić information content (AvgIpc) is 2.74. The number of fused-ring (bicyclic) bond motifs is 1. The predicted molar refractivity (Wildman–Crippen MR) is 116 cm³/mol. The van der Waals surface area contributed by atoms with E-state index < -0.39 is 10.0 Å². The number of nitrogens with zero attached hydrogens (tertiary/aromatic N) is 3. The van der Waals surface area contributed by atoms with E-state index in [1.807, 2.05) is 6.07 Å². The summed E-state index contributed by atoms with van der Waals surface area (Å²) in [5, 5.41) is 6.63. The van der Waals surface area contributed by atoms with Crippen LogP contribution >= 0.6 is 0 Å². The molecule has 2 aliphatic rings. The first-order valence-corrected chi connectivity index (χ1v) is 11.9. The largest absolute Gasteiger partial charge is 0.369 e. The van der Waals surface area contributed by atoms with Crippen LogP contribution in [0.25, 0.3) is 0 Å². The first-order valence-electron chi connectivity index (χ1n) is 10.3. The lowest BCUT2D eigenvalue weighted by Gasteiger charge is -2.29. The minimum atomic E-state index is -3.43. The highest BCUT2D eigenvalue weighted by atomic mass is 32.2. The molecule has 2 heterocycles. The molecule has 1 fully saturated rings. The Morgan fingerprint density at radius 1 is 1.03 bits per heavy atom. The summed E-state index contributed by atoms with van der Waals surface area (Å²) in [6.07, 6.45) is 4.15. The highest BCUT2D eigenvalue weighted by molar-refractivity contribution is 7.92. The average molecular weight is 417 g/mol. The number of hydrogen-bond acceptors (Lipinski definition) is 7. The summed E-state index contributed by atoms with van der Waals surface area (Å²) in [6, 6.07) is 8.95. The second-order valence-electron chi connectivity index (χ2n) is 7.46. The quantitative estimate of drug-likeness (QED) is 0.631. The molecule has 156 valence electrons. The van der Waals surface area contributed by atoms with Gasteiger partial charge in [-0.25, -0.2) is 13.4 Å². The Morgan fingerprint density at radius 3 is 2.59 bits per heavy atom. The van der Waals surface area contributed by atoms with Crippen molar-refractivity contribution in [2.45, 2.75) is 25.7 Å². The first kappa shape index (κ1) is 19.9. The van der Waals surface area contributed by atoms with Crippen LogP contribution in [-0.2, 0) is 22.9 Å². The number of sulfonamides is 1. The van der Waals surface area contributed by atoms with E-state index in [0.29, 0.717) is 12.2 Å². The molecule has 9 heteroatoms. The van der Waals surface area contributed by atoms with Gasteiger partial charge in [-0.3, -0.25) is 4.72 Å². The zero-order chi connectivity index (χ0) is 20.1. The third kappa shape index (κ3) is 5.16. The summed E-state index contributed by atoms with van der Waals surface area (Å²) >= 11 is 0. The Balaban J connectivity index is 1.46. The Kier molecular flexibility index (Phi) is 6.15. The Morgan fingerprint density at radius 2 is 1.79 bits per heavy atom. The van der Waals surface area contributed by atoms with Gasteiger partial charge in [0.1, 0.15) is 5.82 Å². The number of aromatic nitrogens is 2. The van der Waals surface area contributed by atoms with E-state index in [9.17, 15) is 8.42 Å². The van der Waals surface area contributed by atoms with Crippen molar-refractivity contribution in [2.24, 2.45) is 0 Å². The smallest absolute Gasteiger partial charge is 0.234 e. The van der Waals surface area contributed by atoms with Crippen LogP contribution < -0.4 is 20.3 Å². The third-order valence-electron chi connectivity index (χ3n) is 5.28. The van der Waals surface area contributed by atoms with E-state index in [-0.39, 0.29) is 5.75 Å². The molecule has 0 amide bonds. The summed E-state index contributed by atoms with van der Waals surface area (Å²) in [4.78, 5) is 11.8. The van der Waals surface area contributed by atoms with E-state index in [0.717, 1.165) is 74.9 Å². The van der Waals surface area contributed by atoms with Crippen molar-refractivity contribution in [2.75, 3.05) is 53.4 Å². The Hall–Kier alpha value is -2.39. The molecule has 4 rings (SSSR count). The fourth-order valence-corrected chi connectivity index (χ4v) is 4.74. The highest BCUT2D eigenvalue weighted by Crippen LogP contribution is 2.27. The molecule has 0 saturated carbocycles. The summed E-state index contributed by atoms with van der Waals surface area (Å²) in [7, 11) is -3.43. The van der Waals surface area contributed by atoms with Gasteiger partial charge in [0.05, 0.1) is 11.4 Å². The second-order valence-corrected chi connectivity index (χ2v) is 9.30.